The molecule has 200 valence electrons. The van der Waals surface area contributed by atoms with Gasteiger partial charge < -0.3 is 25.6 Å². The van der Waals surface area contributed by atoms with Crippen LogP contribution in [0.25, 0.3) is 0 Å². The molecule has 8 heteroatoms. The molecule has 3 aromatic rings. The van der Waals surface area contributed by atoms with E-state index in [0.717, 1.165) is 35.5 Å². The van der Waals surface area contributed by atoms with Crippen LogP contribution in [0.1, 0.15) is 41.6 Å². The minimum Gasteiger partial charge on any atom is -0.380 e. The predicted molar refractivity (Wildman–Crippen MR) is 153 cm³/mol. The first-order valence-corrected chi connectivity index (χ1v) is 14.0. The molecule has 0 radical (unpaired) electrons. The van der Waals surface area contributed by atoms with E-state index in [4.69, 9.17) is 0 Å². The van der Waals surface area contributed by atoms with Crippen molar-refractivity contribution in [3.8, 4) is 0 Å². The zero-order valence-corrected chi connectivity index (χ0v) is 22.3. The third-order valence-electron chi connectivity index (χ3n) is 6.50. The molecule has 1 aliphatic heterocycles. The molecule has 4 rings (SSSR count). The van der Waals surface area contributed by atoms with Crippen LogP contribution in [0.3, 0.4) is 0 Å². The minimum absolute atomic E-state index is 0.0772. The normalized spacial score (nSPS) is 14.1. The number of carbonyl (C=O) groups is 2. The second-order valence-corrected chi connectivity index (χ2v) is 10.6. The number of para-hydroxylation sites is 1. The Hall–Kier alpha value is -3.36. The zero-order valence-electron chi connectivity index (χ0n) is 21.5. The van der Waals surface area contributed by atoms with Crippen molar-refractivity contribution in [3.05, 3.63) is 89.7 Å². The van der Waals surface area contributed by atoms with Gasteiger partial charge in [0.05, 0.1) is 5.37 Å². The largest absolute Gasteiger partial charge is 0.380 e. The number of hydrogen-bond donors (Lipinski definition) is 3. The van der Waals surface area contributed by atoms with Crippen LogP contribution >= 0.6 is 11.8 Å². The van der Waals surface area contributed by atoms with Gasteiger partial charge in [-0.3, -0.25) is 4.79 Å². The number of nitrogens with zero attached hydrogens (tertiary/aromatic N) is 1. The van der Waals surface area contributed by atoms with E-state index < -0.39 is 0 Å². The van der Waals surface area contributed by atoms with E-state index in [2.05, 4.69) is 20.9 Å². The van der Waals surface area contributed by atoms with Crippen LogP contribution in [0.2, 0.25) is 0 Å². The molecule has 1 heterocycles. The number of carbonyl (C=O) groups excluding carboxylic acids is 2. The first-order chi connectivity index (χ1) is 18.6. The molecule has 1 amide bonds. The van der Waals surface area contributed by atoms with Gasteiger partial charge in [-0.05, 0) is 81.4 Å². The Kier molecular flexibility index (Phi) is 10.6. The third kappa shape index (κ3) is 8.33. The number of benzene rings is 3. The summed E-state index contributed by atoms with van der Waals surface area (Å²) in [6, 6.07) is 21.8. The smallest absolute Gasteiger partial charge is 0.251 e. The third-order valence-corrected chi connectivity index (χ3v) is 7.71. The van der Waals surface area contributed by atoms with Gasteiger partial charge in [-0.2, -0.15) is 0 Å². The number of hydrogen-bond acceptors (Lipinski definition) is 6. The number of aldehydes is 1. The van der Waals surface area contributed by atoms with Crippen molar-refractivity contribution in [2.24, 2.45) is 0 Å². The van der Waals surface area contributed by atoms with Gasteiger partial charge in [-0.25, -0.2) is 4.39 Å². The summed E-state index contributed by atoms with van der Waals surface area (Å²) < 4.78 is 14.0. The summed E-state index contributed by atoms with van der Waals surface area (Å²) in [6.07, 6.45) is 4.69. The van der Waals surface area contributed by atoms with Crippen LogP contribution in [-0.2, 0) is 11.3 Å². The van der Waals surface area contributed by atoms with Crippen LogP contribution in [0.4, 0.5) is 15.8 Å². The molecule has 1 aliphatic rings. The Morgan fingerprint density at radius 1 is 1.00 bits per heavy atom. The van der Waals surface area contributed by atoms with E-state index >= 15 is 0 Å². The van der Waals surface area contributed by atoms with E-state index in [1.165, 1.54) is 43.8 Å². The lowest BCUT2D eigenvalue weighted by Gasteiger charge is -2.20. The summed E-state index contributed by atoms with van der Waals surface area (Å²) in [7, 11) is 0. The molecule has 6 nitrogen and oxygen atoms in total. The molecule has 1 unspecified atom stereocenters. The van der Waals surface area contributed by atoms with Gasteiger partial charge in [-0.15, -0.1) is 0 Å². The highest BCUT2D eigenvalue weighted by Crippen LogP contribution is 2.32. The first kappa shape index (κ1) is 27.7. The number of thioether (sulfide) groups is 1. The number of rotatable bonds is 14. The topological polar surface area (TPSA) is 73.5 Å². The van der Waals surface area contributed by atoms with Crippen LogP contribution in [0.15, 0.2) is 77.7 Å². The predicted octanol–water partition coefficient (Wildman–Crippen LogP) is 5.77. The maximum absolute atomic E-state index is 14.0. The fraction of sp³-hybridized carbons (Fsp3) is 0.333. The van der Waals surface area contributed by atoms with Crippen LogP contribution in [-0.4, -0.2) is 48.6 Å². The molecule has 0 bridgehead atoms. The average molecular weight is 535 g/mol. The summed E-state index contributed by atoms with van der Waals surface area (Å²) in [5.41, 5.74) is 2.89. The molecule has 1 atom stereocenters. The lowest BCUT2D eigenvalue weighted by Crippen LogP contribution is -2.28. The highest BCUT2D eigenvalue weighted by Gasteiger charge is 2.14. The second-order valence-electron chi connectivity index (χ2n) is 9.33. The minimum atomic E-state index is -0.246. The lowest BCUT2D eigenvalue weighted by molar-refractivity contribution is -0.107. The lowest BCUT2D eigenvalue weighted by atomic mass is 10.2. The van der Waals surface area contributed by atoms with Gasteiger partial charge in [0, 0.05) is 46.9 Å². The fourth-order valence-corrected chi connectivity index (χ4v) is 5.54. The highest BCUT2D eigenvalue weighted by atomic mass is 32.2. The number of anilines is 2. The highest BCUT2D eigenvalue weighted by molar-refractivity contribution is 8.00. The van der Waals surface area contributed by atoms with Gasteiger partial charge >= 0.3 is 0 Å². The summed E-state index contributed by atoms with van der Waals surface area (Å²) in [4.78, 5) is 27.3. The van der Waals surface area contributed by atoms with Crippen LogP contribution < -0.4 is 16.0 Å². The molecule has 1 saturated heterocycles. The van der Waals surface area contributed by atoms with Crippen LogP contribution in [0, 0.1) is 5.82 Å². The van der Waals surface area contributed by atoms with Crippen molar-refractivity contribution < 1.29 is 14.0 Å². The monoisotopic (exact) mass is 534 g/mol. The Morgan fingerprint density at radius 2 is 1.74 bits per heavy atom. The average Bonchev–Trinajstić information content (AvgIpc) is 3.45. The standard InChI is InChI=1S/C30H35FN4O2S/c31-26-9-2-1-8-24(26)22-33-27-10-3-4-11-28(27)38-29(16-21-36)34-25-14-12-23(13-15-25)30(37)32-17-7-20-35-18-5-6-19-35/h1-4,8-15,21,29,33-34H,5-7,16-20,22H2,(H,32,37). The summed E-state index contributed by atoms with van der Waals surface area (Å²) in [6.45, 7) is 4.39. The van der Waals surface area contributed by atoms with Gasteiger partial charge in [0.15, 0.2) is 0 Å². The van der Waals surface area contributed by atoms with E-state index in [1.807, 2.05) is 42.5 Å². The molecule has 0 spiro atoms. The van der Waals surface area contributed by atoms with E-state index in [9.17, 15) is 14.0 Å². The van der Waals surface area contributed by atoms with Crippen molar-refractivity contribution in [1.82, 2.24) is 10.2 Å². The summed E-state index contributed by atoms with van der Waals surface area (Å²) >= 11 is 1.53. The SMILES string of the molecule is O=CCC(Nc1ccc(C(=O)NCCCN2CCCC2)cc1)Sc1ccccc1NCc1ccccc1F. The summed E-state index contributed by atoms with van der Waals surface area (Å²) in [5, 5.41) is 9.50. The molecule has 38 heavy (non-hydrogen) atoms. The maximum atomic E-state index is 14.0. The number of likely N-dealkylation sites (tertiary alicyclic amines) is 1. The van der Waals surface area contributed by atoms with Crippen LogP contribution in [0.5, 0.6) is 0 Å². The van der Waals surface area contributed by atoms with Crippen molar-refractivity contribution in [3.63, 3.8) is 0 Å². The molecule has 3 N–H and O–H groups in total. The van der Waals surface area contributed by atoms with Crippen molar-refractivity contribution in [2.45, 2.75) is 42.5 Å². The van der Waals surface area contributed by atoms with Crippen molar-refractivity contribution in [2.75, 3.05) is 36.8 Å². The van der Waals surface area contributed by atoms with Gasteiger partial charge in [0.25, 0.3) is 5.91 Å². The number of amides is 1. The quantitative estimate of drug-likeness (QED) is 0.106. The van der Waals surface area contributed by atoms with Gasteiger partial charge in [0.1, 0.15) is 12.1 Å². The molecular weight excluding hydrogens is 499 g/mol. The van der Waals surface area contributed by atoms with Gasteiger partial charge in [-0.1, -0.05) is 42.1 Å². The zero-order chi connectivity index (χ0) is 26.6. The van der Waals surface area contributed by atoms with Crippen molar-refractivity contribution >= 4 is 35.3 Å². The maximum Gasteiger partial charge on any atom is 0.251 e. The Bertz CT molecular complexity index is 1180. The van der Waals surface area contributed by atoms with E-state index in [0.29, 0.717) is 30.6 Å². The Balaban J connectivity index is 1.30. The molecule has 0 saturated carbocycles. The van der Waals surface area contributed by atoms with E-state index in [-0.39, 0.29) is 17.1 Å². The fourth-order valence-electron chi connectivity index (χ4n) is 4.44. The second kappa shape index (κ2) is 14.5. The molecule has 0 aliphatic carbocycles. The Morgan fingerprint density at radius 3 is 2.50 bits per heavy atom. The molecular formula is C30H35FN4O2S. The number of nitrogens with one attached hydrogen (secondary N) is 3. The van der Waals surface area contributed by atoms with E-state index in [1.54, 1.807) is 24.3 Å². The summed E-state index contributed by atoms with van der Waals surface area (Å²) in [5.74, 6) is -0.323. The van der Waals surface area contributed by atoms with Gasteiger partial charge in [0.2, 0.25) is 0 Å². The molecule has 1 fully saturated rings. The number of halogens is 1. The first-order valence-electron chi connectivity index (χ1n) is 13.2. The Labute approximate surface area is 228 Å². The molecule has 3 aromatic carbocycles. The van der Waals surface area contributed by atoms with Crippen molar-refractivity contribution in [1.29, 1.82) is 0 Å². The molecule has 0 aromatic heterocycles.